The highest BCUT2D eigenvalue weighted by Gasteiger charge is 2.25. The third-order valence-electron chi connectivity index (χ3n) is 3.30. The minimum atomic E-state index is 0.666. The highest BCUT2D eigenvalue weighted by atomic mass is 32.2. The lowest BCUT2D eigenvalue weighted by molar-refractivity contribution is 0.434. The van der Waals surface area contributed by atoms with E-state index in [1.807, 2.05) is 11.8 Å². The monoisotopic (exact) mass is 271 g/mol. The van der Waals surface area contributed by atoms with Gasteiger partial charge in [0, 0.05) is 11.3 Å². The first-order chi connectivity index (χ1) is 8.33. The quantitative estimate of drug-likeness (QED) is 0.856. The molecular weight excluding hydrogens is 250 g/mol. The van der Waals surface area contributed by atoms with E-state index in [4.69, 9.17) is 4.42 Å². The summed E-state index contributed by atoms with van der Waals surface area (Å²) in [6, 6.07) is 4.86. The Balaban J connectivity index is 1.80. The average molecular weight is 271 g/mol. The number of nitrogens with one attached hydrogen (secondary N) is 1. The Kier molecular flexibility index (Phi) is 5.32. The second-order valence-corrected chi connectivity index (χ2v) is 6.44. The molecule has 1 N–H and O–H groups in total. The van der Waals surface area contributed by atoms with E-state index >= 15 is 0 Å². The minimum Gasteiger partial charge on any atom is -0.464 e. The van der Waals surface area contributed by atoms with Gasteiger partial charge in [-0.3, -0.25) is 0 Å². The van der Waals surface area contributed by atoms with Gasteiger partial charge in [0.15, 0.2) is 0 Å². The van der Waals surface area contributed by atoms with E-state index in [-0.39, 0.29) is 0 Å². The third kappa shape index (κ3) is 3.70. The molecule has 0 amide bonds. The van der Waals surface area contributed by atoms with Crippen molar-refractivity contribution >= 4 is 23.5 Å². The fourth-order valence-electron chi connectivity index (χ4n) is 2.41. The zero-order valence-corrected chi connectivity index (χ0v) is 12.2. The third-order valence-corrected chi connectivity index (χ3v) is 5.04. The van der Waals surface area contributed by atoms with Crippen LogP contribution in [0.2, 0.25) is 0 Å². The number of hydrogen-bond acceptors (Lipinski definition) is 4. The first-order valence-corrected chi connectivity index (χ1v) is 8.84. The summed E-state index contributed by atoms with van der Waals surface area (Å²) >= 11 is 3.79. The van der Waals surface area contributed by atoms with Crippen LogP contribution in [0.5, 0.6) is 0 Å². The van der Waals surface area contributed by atoms with E-state index in [0.29, 0.717) is 6.04 Å². The van der Waals surface area contributed by atoms with E-state index in [1.54, 1.807) is 11.8 Å². The van der Waals surface area contributed by atoms with Crippen molar-refractivity contribution in [3.63, 3.8) is 0 Å². The van der Waals surface area contributed by atoms with Gasteiger partial charge in [-0.05, 0) is 37.5 Å². The van der Waals surface area contributed by atoms with Crippen LogP contribution in [0.25, 0.3) is 0 Å². The Labute approximate surface area is 112 Å². The Bertz CT molecular complexity index is 340. The van der Waals surface area contributed by atoms with Gasteiger partial charge in [-0.25, -0.2) is 0 Å². The summed E-state index contributed by atoms with van der Waals surface area (Å²) in [4.78, 5) is 0. The van der Waals surface area contributed by atoms with Gasteiger partial charge in [0.05, 0.1) is 12.3 Å². The molecule has 1 aliphatic rings. The van der Waals surface area contributed by atoms with E-state index in [9.17, 15) is 0 Å². The molecule has 0 saturated heterocycles. The topological polar surface area (TPSA) is 25.2 Å². The van der Waals surface area contributed by atoms with Crippen molar-refractivity contribution in [2.45, 2.75) is 42.9 Å². The number of rotatable bonds is 6. The van der Waals surface area contributed by atoms with Crippen molar-refractivity contribution in [3.8, 4) is 0 Å². The summed E-state index contributed by atoms with van der Waals surface area (Å²) in [5.41, 5.74) is 0. The Morgan fingerprint density at radius 3 is 2.88 bits per heavy atom. The highest BCUT2D eigenvalue weighted by molar-refractivity contribution is 7.99. The number of thioether (sulfide) groups is 2. The van der Waals surface area contributed by atoms with Crippen molar-refractivity contribution in [1.29, 1.82) is 0 Å². The lowest BCUT2D eigenvalue weighted by Gasteiger charge is -2.18. The maximum atomic E-state index is 5.76. The highest BCUT2D eigenvalue weighted by Crippen LogP contribution is 2.28. The maximum Gasteiger partial charge on any atom is 0.118 e. The predicted molar refractivity (Wildman–Crippen MR) is 77.7 cm³/mol. The second kappa shape index (κ2) is 6.76. The molecule has 2 unspecified atom stereocenters. The van der Waals surface area contributed by atoms with Crippen molar-refractivity contribution in [2.75, 3.05) is 12.5 Å². The van der Waals surface area contributed by atoms with E-state index < -0.39 is 0 Å². The lowest BCUT2D eigenvalue weighted by Crippen LogP contribution is -2.33. The van der Waals surface area contributed by atoms with Gasteiger partial charge in [-0.1, -0.05) is 6.42 Å². The average Bonchev–Trinajstić information content (AvgIpc) is 2.95. The fourth-order valence-corrected chi connectivity index (χ4v) is 3.81. The first-order valence-electron chi connectivity index (χ1n) is 6.16. The molecule has 1 aliphatic carbocycles. The normalized spacial score (nSPS) is 24.4. The maximum absolute atomic E-state index is 5.76. The van der Waals surface area contributed by atoms with Crippen LogP contribution in [0.15, 0.2) is 16.5 Å². The van der Waals surface area contributed by atoms with Crippen LogP contribution in [0, 0.1) is 0 Å². The summed E-state index contributed by atoms with van der Waals surface area (Å²) in [6.45, 7) is 0.871. The molecule has 1 heterocycles. The van der Waals surface area contributed by atoms with Crippen LogP contribution < -0.4 is 5.32 Å². The van der Waals surface area contributed by atoms with Crippen LogP contribution in [0.4, 0.5) is 0 Å². The van der Waals surface area contributed by atoms with Crippen LogP contribution >= 0.6 is 23.5 Å². The summed E-state index contributed by atoms with van der Waals surface area (Å²) in [7, 11) is 0. The van der Waals surface area contributed by atoms with Gasteiger partial charge in [0.2, 0.25) is 0 Å². The number of hydrogen-bond donors (Lipinski definition) is 1. The zero-order valence-electron chi connectivity index (χ0n) is 10.6. The first kappa shape index (κ1) is 13.4. The lowest BCUT2D eigenvalue weighted by atomic mass is 10.2. The molecule has 1 aromatic rings. The molecule has 2 atom stereocenters. The molecule has 0 spiro atoms. The fraction of sp³-hybridized carbons (Fsp3) is 0.692. The molecule has 0 aromatic carbocycles. The van der Waals surface area contributed by atoms with Crippen molar-refractivity contribution in [1.82, 2.24) is 5.32 Å². The molecule has 4 heteroatoms. The molecule has 2 nitrogen and oxygen atoms in total. The van der Waals surface area contributed by atoms with Crippen molar-refractivity contribution < 1.29 is 4.42 Å². The number of furan rings is 1. The van der Waals surface area contributed by atoms with Crippen molar-refractivity contribution in [2.24, 2.45) is 0 Å². The molecular formula is C13H21NOS2. The van der Waals surface area contributed by atoms with Crippen molar-refractivity contribution in [3.05, 3.63) is 23.7 Å². The van der Waals surface area contributed by atoms with E-state index in [1.165, 1.54) is 19.3 Å². The molecule has 0 radical (unpaired) electrons. The van der Waals surface area contributed by atoms with E-state index in [2.05, 4.69) is 30.0 Å². The van der Waals surface area contributed by atoms with Gasteiger partial charge in [0.1, 0.15) is 11.5 Å². The Morgan fingerprint density at radius 2 is 2.12 bits per heavy atom. The second-order valence-electron chi connectivity index (χ2n) is 4.49. The van der Waals surface area contributed by atoms with Gasteiger partial charge in [-0.15, -0.1) is 0 Å². The minimum absolute atomic E-state index is 0.666. The Hall–Kier alpha value is -0.0600. The standard InChI is InChI=1S/C13H21NOS2/c1-16-9-11-7-6-10(15-11)8-14-12-4-3-5-13(12)17-2/h6-7,12-14H,3-5,8-9H2,1-2H3. The molecule has 0 aliphatic heterocycles. The summed E-state index contributed by atoms with van der Waals surface area (Å²) in [5.74, 6) is 3.12. The smallest absolute Gasteiger partial charge is 0.118 e. The molecule has 1 aromatic heterocycles. The molecule has 1 fully saturated rings. The molecule has 17 heavy (non-hydrogen) atoms. The molecule has 0 bridgehead atoms. The Morgan fingerprint density at radius 1 is 1.29 bits per heavy atom. The van der Waals surface area contributed by atoms with Crippen LogP contribution in [-0.4, -0.2) is 23.8 Å². The summed E-state index contributed by atoms with van der Waals surface area (Å²) < 4.78 is 5.76. The zero-order chi connectivity index (χ0) is 12.1. The summed E-state index contributed by atoms with van der Waals surface area (Å²) in [5, 5.41) is 4.42. The van der Waals surface area contributed by atoms with Crippen LogP contribution in [0.1, 0.15) is 30.8 Å². The molecule has 2 rings (SSSR count). The molecule has 96 valence electrons. The van der Waals surface area contributed by atoms with Gasteiger partial charge >= 0.3 is 0 Å². The summed E-state index contributed by atoms with van der Waals surface area (Å²) in [6.07, 6.45) is 8.34. The van der Waals surface area contributed by atoms with Gasteiger partial charge < -0.3 is 9.73 Å². The van der Waals surface area contributed by atoms with Gasteiger partial charge in [-0.2, -0.15) is 23.5 Å². The van der Waals surface area contributed by atoms with E-state index in [0.717, 1.165) is 29.1 Å². The molecule has 1 saturated carbocycles. The van der Waals surface area contributed by atoms with Crippen LogP contribution in [-0.2, 0) is 12.3 Å². The predicted octanol–water partition coefficient (Wildman–Crippen LogP) is 3.52. The van der Waals surface area contributed by atoms with Crippen LogP contribution in [0.3, 0.4) is 0 Å². The SMILES string of the molecule is CSCc1ccc(CNC2CCCC2SC)o1. The largest absolute Gasteiger partial charge is 0.464 e. The van der Waals surface area contributed by atoms with Gasteiger partial charge in [0.25, 0.3) is 0 Å².